The summed E-state index contributed by atoms with van der Waals surface area (Å²) in [4.78, 5) is 44.9. The average Bonchev–Trinajstić information content (AvgIpc) is 2.50. The molecule has 1 heterocycles. The van der Waals surface area contributed by atoms with Gasteiger partial charge in [-0.1, -0.05) is 0 Å². The first-order valence-electron chi connectivity index (χ1n) is 5.09. The predicted molar refractivity (Wildman–Crippen MR) is 80.3 cm³/mol. The van der Waals surface area contributed by atoms with E-state index in [1.807, 2.05) is 0 Å². The molecule has 0 amide bonds. The van der Waals surface area contributed by atoms with Crippen LogP contribution >= 0.6 is 32.1 Å². The number of benzene rings is 1. The number of rotatable bonds is 2. The van der Waals surface area contributed by atoms with E-state index >= 15 is 0 Å². The van der Waals surface area contributed by atoms with Gasteiger partial charge in [0.25, 0.3) is 11.2 Å². The van der Waals surface area contributed by atoms with E-state index in [4.69, 9.17) is 0 Å². The molecule has 11 heteroatoms. The standard InChI is InChI=1S/C10H3Br2N3O6/c11-3-1-2-4-5(7(3)15(20)21)8(16)9(17)6(13-19)10(18)14(4)12/h1-2,17H. The number of hydrogen-bond donors (Lipinski definition) is 1. The molecule has 0 aliphatic rings. The molecule has 0 unspecified atom stereocenters. The van der Waals surface area contributed by atoms with Crippen LogP contribution in [0.25, 0.3) is 10.9 Å². The lowest BCUT2D eigenvalue weighted by Crippen LogP contribution is -2.08. The summed E-state index contributed by atoms with van der Waals surface area (Å²) in [6.07, 6.45) is 0. The summed E-state index contributed by atoms with van der Waals surface area (Å²) in [5.74, 6) is -1.25. The fourth-order valence-electron chi connectivity index (χ4n) is 1.73. The highest BCUT2D eigenvalue weighted by atomic mass is 79.9. The van der Waals surface area contributed by atoms with E-state index in [1.54, 1.807) is 0 Å². The van der Waals surface area contributed by atoms with Crippen molar-refractivity contribution in [2.75, 3.05) is 0 Å². The fraction of sp³-hybridized carbons (Fsp3) is 0. The molecule has 9 nitrogen and oxygen atoms in total. The molecule has 108 valence electrons. The molecule has 0 bridgehead atoms. The van der Waals surface area contributed by atoms with Gasteiger partial charge in [0.1, 0.15) is 5.39 Å². The zero-order chi connectivity index (χ0) is 15.9. The van der Waals surface area contributed by atoms with Crippen LogP contribution in [0.3, 0.4) is 0 Å². The second-order valence-corrected chi connectivity index (χ2v) is 5.31. The molecule has 0 aliphatic heterocycles. The second-order valence-electron chi connectivity index (χ2n) is 3.75. The minimum absolute atomic E-state index is 0.0248. The smallest absolute Gasteiger partial charge is 0.296 e. The van der Waals surface area contributed by atoms with Gasteiger partial charge in [0.05, 0.1) is 31.1 Å². The van der Waals surface area contributed by atoms with Crippen molar-refractivity contribution in [3.05, 3.63) is 52.2 Å². The van der Waals surface area contributed by atoms with E-state index < -0.39 is 38.4 Å². The Kier molecular flexibility index (Phi) is 3.87. The van der Waals surface area contributed by atoms with Crippen LogP contribution in [0.2, 0.25) is 0 Å². The monoisotopic (exact) mass is 419 g/mol. The zero-order valence-electron chi connectivity index (χ0n) is 9.74. The van der Waals surface area contributed by atoms with Gasteiger partial charge < -0.3 is 5.11 Å². The molecule has 0 saturated heterocycles. The number of fused-ring (bicyclic) bond motifs is 1. The van der Waals surface area contributed by atoms with Crippen LogP contribution < -0.4 is 11.0 Å². The Bertz CT molecular complexity index is 923. The average molecular weight is 421 g/mol. The molecule has 0 spiro atoms. The van der Waals surface area contributed by atoms with Gasteiger partial charge in [-0.05, 0) is 33.2 Å². The molecule has 0 saturated carbocycles. The number of halogens is 2. The van der Waals surface area contributed by atoms with E-state index in [0.717, 1.165) is 0 Å². The summed E-state index contributed by atoms with van der Waals surface area (Å²) < 4.78 is 0.628. The topological polar surface area (TPSA) is 132 Å². The fourth-order valence-corrected chi connectivity index (χ4v) is 2.67. The molecule has 2 rings (SSSR count). The maximum absolute atomic E-state index is 12.1. The van der Waals surface area contributed by atoms with Gasteiger partial charge in [0.15, 0.2) is 5.75 Å². The molecule has 1 N–H and O–H groups in total. The normalized spacial score (nSPS) is 10.6. The molecule has 21 heavy (non-hydrogen) atoms. The minimum atomic E-state index is -1.25. The third kappa shape index (κ3) is 2.23. The molecule has 1 aromatic heterocycles. The Morgan fingerprint density at radius 3 is 2.48 bits per heavy atom. The van der Waals surface area contributed by atoms with Gasteiger partial charge in [-0.15, -0.1) is 4.91 Å². The Morgan fingerprint density at radius 2 is 1.95 bits per heavy atom. The van der Waals surface area contributed by atoms with Crippen molar-refractivity contribution in [2.24, 2.45) is 5.18 Å². The second kappa shape index (κ2) is 5.33. The van der Waals surface area contributed by atoms with Crippen molar-refractivity contribution >= 4 is 54.4 Å². The van der Waals surface area contributed by atoms with Crippen molar-refractivity contribution in [1.29, 1.82) is 0 Å². The molecule has 0 radical (unpaired) electrons. The van der Waals surface area contributed by atoms with E-state index in [2.05, 4.69) is 37.3 Å². The summed E-state index contributed by atoms with van der Waals surface area (Å²) in [5.41, 5.74) is -4.24. The van der Waals surface area contributed by atoms with Gasteiger partial charge in [-0.3, -0.25) is 19.7 Å². The third-order valence-corrected chi connectivity index (χ3v) is 3.98. The maximum Gasteiger partial charge on any atom is 0.296 e. The van der Waals surface area contributed by atoms with Gasteiger partial charge in [0, 0.05) is 0 Å². The Morgan fingerprint density at radius 1 is 1.33 bits per heavy atom. The quantitative estimate of drug-likeness (QED) is 0.450. The maximum atomic E-state index is 12.1. The van der Waals surface area contributed by atoms with E-state index in [0.29, 0.717) is 3.59 Å². The van der Waals surface area contributed by atoms with E-state index in [9.17, 15) is 29.7 Å². The number of nitro groups is 1. The summed E-state index contributed by atoms with van der Waals surface area (Å²) >= 11 is 5.72. The molecule has 0 fully saturated rings. The number of aromatic hydroxyl groups is 1. The predicted octanol–water partition coefficient (Wildman–Crippen LogP) is 2.29. The van der Waals surface area contributed by atoms with Crippen LogP contribution in [0.1, 0.15) is 0 Å². The van der Waals surface area contributed by atoms with Crippen LogP contribution in [0, 0.1) is 15.0 Å². The van der Waals surface area contributed by atoms with Gasteiger partial charge in [-0.25, -0.2) is 3.59 Å². The highest BCUT2D eigenvalue weighted by Gasteiger charge is 2.25. The molecule has 2 aromatic rings. The highest BCUT2D eigenvalue weighted by Crippen LogP contribution is 2.33. The van der Waals surface area contributed by atoms with Gasteiger partial charge in [-0.2, -0.15) is 0 Å². The first-order chi connectivity index (χ1) is 9.81. The molecular formula is C10H3Br2N3O6. The number of hydrogen-bond acceptors (Lipinski definition) is 7. The lowest BCUT2D eigenvalue weighted by molar-refractivity contribution is -0.383. The summed E-state index contributed by atoms with van der Waals surface area (Å²) in [5, 5.41) is 22.6. The van der Waals surface area contributed by atoms with Gasteiger partial charge >= 0.3 is 0 Å². The van der Waals surface area contributed by atoms with Crippen molar-refractivity contribution in [3.8, 4) is 5.75 Å². The van der Waals surface area contributed by atoms with Crippen molar-refractivity contribution in [1.82, 2.24) is 3.59 Å². The molecule has 1 aromatic carbocycles. The number of nitrogens with zero attached hydrogens (tertiary/aromatic N) is 3. The number of aromatic nitrogens is 1. The summed E-state index contributed by atoms with van der Waals surface area (Å²) in [7, 11) is 0. The Balaban J connectivity index is 3.36. The van der Waals surface area contributed by atoms with Crippen molar-refractivity contribution < 1.29 is 10.0 Å². The highest BCUT2D eigenvalue weighted by molar-refractivity contribution is 9.10. The Hall–Kier alpha value is -2.14. The summed E-state index contributed by atoms with van der Waals surface area (Å²) in [6, 6.07) is 2.49. The van der Waals surface area contributed by atoms with Crippen LogP contribution in [0.5, 0.6) is 5.75 Å². The number of nitro benzene ring substituents is 1. The van der Waals surface area contributed by atoms with Gasteiger partial charge in [0.2, 0.25) is 11.1 Å². The largest absolute Gasteiger partial charge is 0.502 e. The zero-order valence-corrected chi connectivity index (χ0v) is 12.9. The first kappa shape index (κ1) is 15.3. The molecule has 0 atom stereocenters. The van der Waals surface area contributed by atoms with Crippen molar-refractivity contribution in [2.45, 2.75) is 0 Å². The minimum Gasteiger partial charge on any atom is -0.502 e. The van der Waals surface area contributed by atoms with E-state index in [1.165, 1.54) is 12.1 Å². The van der Waals surface area contributed by atoms with E-state index in [-0.39, 0.29) is 9.99 Å². The molecular weight excluding hydrogens is 418 g/mol. The SMILES string of the molecule is O=Nc1c(O)c(=O)c2c([N+](=O)[O-])c(Br)ccc2n(Br)c1=O. The third-order valence-electron chi connectivity index (χ3n) is 2.64. The lowest BCUT2D eigenvalue weighted by Gasteiger charge is -2.00. The van der Waals surface area contributed by atoms with Crippen LogP contribution in [-0.2, 0) is 0 Å². The number of nitroso groups, excluding NO2 is 1. The summed E-state index contributed by atoms with van der Waals surface area (Å²) in [6.45, 7) is 0. The lowest BCUT2D eigenvalue weighted by atomic mass is 10.2. The van der Waals surface area contributed by atoms with Crippen LogP contribution in [0.4, 0.5) is 11.4 Å². The van der Waals surface area contributed by atoms with Crippen LogP contribution in [0.15, 0.2) is 31.4 Å². The first-order valence-corrected chi connectivity index (χ1v) is 6.59. The van der Waals surface area contributed by atoms with Crippen LogP contribution in [-0.4, -0.2) is 13.6 Å². The Labute approximate surface area is 131 Å². The molecule has 0 aliphatic carbocycles. The van der Waals surface area contributed by atoms with Crippen molar-refractivity contribution in [3.63, 3.8) is 0 Å².